The predicted octanol–water partition coefficient (Wildman–Crippen LogP) is 6.09. The molecule has 0 spiro atoms. The SMILES string of the molecule is CC(C)(C)OC(=O)N1CC=C(B2OC(C)(C)C(C)(C)O2)CC1.CC(C)(C)OC(=O)N1CC=C(c2ccc(N)nn2)CC1.Nc1ccc(Br)nn1. The fourth-order valence-electron chi connectivity index (χ4n) is 4.62. The summed E-state index contributed by atoms with van der Waals surface area (Å²) in [7, 11) is -0.314. The van der Waals surface area contributed by atoms with Crippen LogP contribution >= 0.6 is 15.9 Å². The van der Waals surface area contributed by atoms with Crippen molar-refractivity contribution in [2.24, 2.45) is 0 Å². The largest absolute Gasteiger partial charge is 0.490 e. The Bertz CT molecular complexity index is 1490. The molecule has 14 nitrogen and oxygen atoms in total. The highest BCUT2D eigenvalue weighted by molar-refractivity contribution is 9.10. The molecular weight excluding hydrogens is 707 g/mol. The summed E-state index contributed by atoms with van der Waals surface area (Å²) >= 11 is 3.12. The number of carbonyl (C=O) groups excluding carboxylic acids is 2. The number of nitrogen functional groups attached to an aromatic ring is 2. The molecule has 4 N–H and O–H groups in total. The van der Waals surface area contributed by atoms with Crippen molar-refractivity contribution in [2.75, 3.05) is 37.6 Å². The van der Waals surface area contributed by atoms with E-state index >= 15 is 0 Å². The number of rotatable bonds is 2. The second-order valence-corrected chi connectivity index (χ2v) is 15.9. The van der Waals surface area contributed by atoms with Gasteiger partial charge in [0.25, 0.3) is 0 Å². The number of hydrogen-bond donors (Lipinski definition) is 2. The summed E-state index contributed by atoms with van der Waals surface area (Å²) in [5, 5.41) is 15.1. The van der Waals surface area contributed by atoms with Crippen LogP contribution in [0.4, 0.5) is 21.2 Å². The zero-order valence-corrected chi connectivity index (χ0v) is 32.5. The molecule has 0 bridgehead atoms. The maximum Gasteiger partial charge on any atom is 0.490 e. The third kappa shape index (κ3) is 12.5. The average molecular weight is 760 g/mol. The van der Waals surface area contributed by atoms with E-state index in [0.29, 0.717) is 42.4 Å². The summed E-state index contributed by atoms with van der Waals surface area (Å²) < 4.78 is 23.6. The molecule has 2 aromatic heterocycles. The van der Waals surface area contributed by atoms with Crippen molar-refractivity contribution in [3.8, 4) is 0 Å². The highest BCUT2D eigenvalue weighted by atomic mass is 79.9. The van der Waals surface area contributed by atoms with E-state index in [4.69, 9.17) is 30.2 Å². The first-order chi connectivity index (χ1) is 23.0. The summed E-state index contributed by atoms with van der Waals surface area (Å²) in [5.74, 6) is 0.841. The smallest absolute Gasteiger partial charge is 0.444 e. The van der Waals surface area contributed by atoms with Gasteiger partial charge in [-0.15, -0.1) is 20.4 Å². The van der Waals surface area contributed by atoms with E-state index in [1.165, 1.54) is 0 Å². The predicted molar refractivity (Wildman–Crippen MR) is 198 cm³/mol. The highest BCUT2D eigenvalue weighted by Crippen LogP contribution is 2.39. The minimum Gasteiger partial charge on any atom is -0.444 e. The second-order valence-electron chi connectivity index (χ2n) is 15.1. The van der Waals surface area contributed by atoms with Gasteiger partial charge < -0.3 is 40.0 Å². The number of halogens is 1. The van der Waals surface area contributed by atoms with Crippen LogP contribution in [0.25, 0.3) is 5.57 Å². The van der Waals surface area contributed by atoms with Crippen LogP contribution < -0.4 is 11.5 Å². The van der Waals surface area contributed by atoms with E-state index in [9.17, 15) is 9.59 Å². The van der Waals surface area contributed by atoms with Gasteiger partial charge in [0.15, 0.2) is 0 Å². The van der Waals surface area contributed by atoms with Gasteiger partial charge in [0.2, 0.25) is 0 Å². The van der Waals surface area contributed by atoms with Crippen LogP contribution in [0.2, 0.25) is 0 Å². The van der Waals surface area contributed by atoms with Crippen LogP contribution in [0, 0.1) is 0 Å². The van der Waals surface area contributed by atoms with Crippen LogP contribution in [0.1, 0.15) is 87.8 Å². The molecule has 1 fully saturated rings. The molecule has 3 aliphatic heterocycles. The summed E-state index contributed by atoms with van der Waals surface area (Å²) in [6.07, 6.45) is 4.94. The summed E-state index contributed by atoms with van der Waals surface area (Å²) in [5.41, 5.74) is 12.1. The van der Waals surface area contributed by atoms with Gasteiger partial charge in [-0.25, -0.2) is 9.59 Å². The maximum absolute atomic E-state index is 12.1. The zero-order valence-electron chi connectivity index (χ0n) is 30.9. The molecule has 0 aromatic carbocycles. The molecule has 2 amide bonds. The molecule has 16 heteroatoms. The fourth-order valence-corrected chi connectivity index (χ4v) is 4.83. The van der Waals surface area contributed by atoms with Gasteiger partial charge in [0, 0.05) is 26.2 Å². The van der Waals surface area contributed by atoms with Crippen LogP contribution in [0.5, 0.6) is 0 Å². The third-order valence-corrected chi connectivity index (χ3v) is 8.40. The monoisotopic (exact) mass is 758 g/mol. The Kier molecular flexibility index (Phi) is 13.4. The first-order valence-corrected chi connectivity index (χ1v) is 17.4. The first kappa shape index (κ1) is 40.7. The van der Waals surface area contributed by atoms with Crippen molar-refractivity contribution in [2.45, 2.75) is 104 Å². The van der Waals surface area contributed by atoms with Gasteiger partial charge in [-0.1, -0.05) is 12.2 Å². The Balaban J connectivity index is 0.000000223. The Morgan fingerprint density at radius 2 is 1.24 bits per heavy atom. The molecule has 0 saturated carbocycles. The Morgan fingerprint density at radius 1 is 0.760 bits per heavy atom. The lowest BCUT2D eigenvalue weighted by atomic mass is 9.75. The van der Waals surface area contributed by atoms with Gasteiger partial charge in [-0.3, -0.25) is 0 Å². The van der Waals surface area contributed by atoms with Gasteiger partial charge in [0.1, 0.15) is 27.4 Å². The number of anilines is 2. The van der Waals surface area contributed by atoms with Crippen molar-refractivity contribution in [3.05, 3.63) is 52.2 Å². The second kappa shape index (κ2) is 16.5. The summed E-state index contributed by atoms with van der Waals surface area (Å²) in [4.78, 5) is 27.4. The number of carbonyl (C=O) groups is 2. The van der Waals surface area contributed by atoms with E-state index in [1.807, 2.05) is 87.5 Å². The van der Waals surface area contributed by atoms with Crippen LogP contribution in [-0.2, 0) is 18.8 Å². The molecule has 0 radical (unpaired) electrons. The van der Waals surface area contributed by atoms with Crippen molar-refractivity contribution in [3.63, 3.8) is 0 Å². The van der Waals surface area contributed by atoms with Crippen molar-refractivity contribution in [1.82, 2.24) is 30.2 Å². The number of nitrogens with zero attached hydrogens (tertiary/aromatic N) is 6. The molecule has 5 rings (SSSR count). The van der Waals surface area contributed by atoms with E-state index < -0.39 is 11.2 Å². The number of aromatic nitrogens is 4. The highest BCUT2D eigenvalue weighted by Gasteiger charge is 2.52. The lowest BCUT2D eigenvalue weighted by Crippen LogP contribution is -2.41. The van der Waals surface area contributed by atoms with E-state index in [1.54, 1.807) is 28.0 Å². The van der Waals surface area contributed by atoms with Gasteiger partial charge >= 0.3 is 19.3 Å². The Morgan fingerprint density at radius 3 is 1.60 bits per heavy atom. The van der Waals surface area contributed by atoms with Crippen LogP contribution in [0.3, 0.4) is 0 Å². The summed E-state index contributed by atoms with van der Waals surface area (Å²) in [6, 6.07) is 6.99. The van der Waals surface area contributed by atoms with E-state index in [-0.39, 0.29) is 30.5 Å². The molecular formula is C34H52BBrN8O6. The molecule has 274 valence electrons. The molecule has 50 heavy (non-hydrogen) atoms. The van der Waals surface area contributed by atoms with Crippen LogP contribution in [0.15, 0.2) is 46.5 Å². The third-order valence-electron chi connectivity index (χ3n) is 7.98. The van der Waals surface area contributed by atoms with Crippen molar-refractivity contribution in [1.29, 1.82) is 0 Å². The molecule has 0 aliphatic carbocycles. The number of nitrogens with two attached hydrogens (primary N) is 2. The maximum atomic E-state index is 12.1. The zero-order chi connectivity index (χ0) is 37.5. The molecule has 3 aliphatic rings. The summed E-state index contributed by atoms with van der Waals surface area (Å²) in [6.45, 7) is 21.7. The normalized spacial score (nSPS) is 18.4. The Labute approximate surface area is 304 Å². The van der Waals surface area contributed by atoms with Crippen molar-refractivity contribution < 1.29 is 28.4 Å². The molecule has 1 saturated heterocycles. The lowest BCUT2D eigenvalue weighted by Gasteiger charge is -2.32. The van der Waals surface area contributed by atoms with Gasteiger partial charge in [-0.2, -0.15) is 0 Å². The number of amides is 2. The fraction of sp³-hybridized carbons (Fsp3) is 0.588. The number of hydrogen-bond acceptors (Lipinski definition) is 12. The standard InChI is InChI=1S/C16H28BNO4.C14H20N4O2.C4H4BrN3/c1-14(2,3)20-13(19)18-10-8-12(9-11-18)17-21-15(4,5)16(6,7)22-17;1-14(2,3)20-13(19)18-8-6-10(7-9-18)11-4-5-12(15)17-16-11;5-3-1-2-4(6)8-7-3/h8H,9-11H2,1-7H3;4-6H,7-9H2,1-3H3,(H2,15,17);1-2H,(H2,6,8). The minimum absolute atomic E-state index is 0.267. The van der Waals surface area contributed by atoms with Gasteiger partial charge in [-0.05, 0) is 133 Å². The quantitative estimate of drug-likeness (QED) is 0.337. The first-order valence-electron chi connectivity index (χ1n) is 16.6. The average Bonchev–Trinajstić information content (AvgIpc) is 3.24. The molecule has 0 atom stereocenters. The van der Waals surface area contributed by atoms with E-state index in [2.05, 4.69) is 36.3 Å². The Hall–Kier alpha value is -3.76. The van der Waals surface area contributed by atoms with Crippen molar-refractivity contribution >= 4 is 52.4 Å². The van der Waals surface area contributed by atoms with Crippen LogP contribution in [-0.4, -0.2) is 98.1 Å². The lowest BCUT2D eigenvalue weighted by molar-refractivity contribution is 0.00578. The molecule has 2 aromatic rings. The molecule has 5 heterocycles. The minimum atomic E-state index is -0.469. The van der Waals surface area contributed by atoms with E-state index in [0.717, 1.165) is 29.6 Å². The van der Waals surface area contributed by atoms with Gasteiger partial charge in [0.05, 0.1) is 16.9 Å². The topological polar surface area (TPSA) is 181 Å². The molecule has 0 unspecified atom stereocenters. The number of ether oxygens (including phenoxy) is 2.